The highest BCUT2D eigenvalue weighted by Crippen LogP contribution is 2.72. The van der Waals surface area contributed by atoms with Crippen LogP contribution in [0.15, 0.2) is 0 Å². The van der Waals surface area contributed by atoms with Gasteiger partial charge in [0.15, 0.2) is 6.29 Å². The fraction of sp³-hybridized carbons (Fsp3) is 1.00. The zero-order valence-electron chi connectivity index (χ0n) is 16.6. The second kappa shape index (κ2) is 5.71. The maximum Gasteiger partial charge on any atom is 0.159 e. The highest BCUT2D eigenvalue weighted by atomic mass is 16.7. The molecule has 6 atom stereocenters. The Hall–Kier alpha value is -0.0800. The van der Waals surface area contributed by atoms with E-state index in [0.717, 1.165) is 17.8 Å². The fourth-order valence-electron chi connectivity index (χ4n) is 8.59. The second-order valence-corrected chi connectivity index (χ2v) is 10.6. The van der Waals surface area contributed by atoms with Gasteiger partial charge in [-0.05, 0) is 85.4 Å². The Kier molecular flexibility index (Phi) is 4.12. The molecule has 0 radical (unpaired) electrons. The summed E-state index contributed by atoms with van der Waals surface area (Å²) in [6.45, 7) is 7.80. The number of methoxy groups -OCH3 is 2. The highest BCUT2D eigenvalue weighted by Gasteiger charge is 2.64. The van der Waals surface area contributed by atoms with Gasteiger partial charge in [-0.2, -0.15) is 0 Å². The third-order valence-electron chi connectivity index (χ3n) is 9.30. The third-order valence-corrected chi connectivity index (χ3v) is 9.30. The molecule has 4 rings (SSSR count). The first kappa shape index (κ1) is 17.3. The number of hydrogen-bond acceptors (Lipinski definition) is 2. The molecular formula is C22H38O2. The molecule has 0 N–H and O–H groups in total. The molecule has 0 aromatic heterocycles. The largest absolute Gasteiger partial charge is 0.356 e. The summed E-state index contributed by atoms with van der Waals surface area (Å²) < 4.78 is 11.4. The van der Waals surface area contributed by atoms with Crippen molar-refractivity contribution in [2.24, 2.45) is 39.9 Å². The zero-order chi connectivity index (χ0) is 17.2. The molecule has 4 fully saturated rings. The number of rotatable bonds is 3. The SMILES string of the molecule is COC(OC)C1CC23CCC4C(C)(C)CCCC4(C)C2CCC1C3. The van der Waals surface area contributed by atoms with Crippen molar-refractivity contribution in [3.05, 3.63) is 0 Å². The van der Waals surface area contributed by atoms with E-state index >= 15 is 0 Å². The summed E-state index contributed by atoms with van der Waals surface area (Å²) in [4.78, 5) is 0. The van der Waals surface area contributed by atoms with Crippen LogP contribution >= 0.6 is 0 Å². The topological polar surface area (TPSA) is 18.5 Å². The van der Waals surface area contributed by atoms with E-state index in [1.54, 1.807) is 0 Å². The van der Waals surface area contributed by atoms with Crippen molar-refractivity contribution in [1.29, 1.82) is 0 Å². The zero-order valence-corrected chi connectivity index (χ0v) is 16.6. The maximum absolute atomic E-state index is 5.71. The molecule has 2 heteroatoms. The van der Waals surface area contributed by atoms with Crippen molar-refractivity contribution in [2.45, 2.75) is 84.8 Å². The first-order chi connectivity index (χ1) is 11.4. The number of fused-ring (bicyclic) bond motifs is 3. The van der Waals surface area contributed by atoms with Crippen LogP contribution in [0.4, 0.5) is 0 Å². The van der Waals surface area contributed by atoms with Gasteiger partial charge in [0.1, 0.15) is 0 Å². The molecule has 4 aliphatic rings. The molecule has 0 saturated heterocycles. The third kappa shape index (κ3) is 2.28. The predicted molar refractivity (Wildman–Crippen MR) is 97.6 cm³/mol. The minimum Gasteiger partial charge on any atom is -0.356 e. The average Bonchev–Trinajstić information content (AvgIpc) is 2.79. The molecule has 138 valence electrons. The second-order valence-electron chi connectivity index (χ2n) is 10.6. The summed E-state index contributed by atoms with van der Waals surface area (Å²) in [6.07, 6.45) is 13.0. The van der Waals surface area contributed by atoms with Crippen molar-refractivity contribution in [3.8, 4) is 0 Å². The van der Waals surface area contributed by atoms with Crippen molar-refractivity contribution in [2.75, 3.05) is 14.2 Å². The lowest BCUT2D eigenvalue weighted by Gasteiger charge is -2.64. The summed E-state index contributed by atoms with van der Waals surface area (Å²) in [7, 11) is 3.65. The monoisotopic (exact) mass is 334 g/mol. The van der Waals surface area contributed by atoms with E-state index in [9.17, 15) is 0 Å². The lowest BCUT2D eigenvalue weighted by Crippen LogP contribution is -2.55. The van der Waals surface area contributed by atoms with Crippen molar-refractivity contribution in [1.82, 2.24) is 0 Å². The van der Waals surface area contributed by atoms with Crippen molar-refractivity contribution < 1.29 is 9.47 Å². The summed E-state index contributed by atoms with van der Waals surface area (Å²) in [6, 6.07) is 0. The number of hydrogen-bond donors (Lipinski definition) is 0. The van der Waals surface area contributed by atoms with Crippen molar-refractivity contribution >= 4 is 0 Å². The summed E-state index contributed by atoms with van der Waals surface area (Å²) in [5.74, 6) is 3.34. The van der Waals surface area contributed by atoms with Crippen LogP contribution in [0.1, 0.15) is 78.6 Å². The van der Waals surface area contributed by atoms with Crippen LogP contribution in [0.3, 0.4) is 0 Å². The van der Waals surface area contributed by atoms with Crippen LogP contribution < -0.4 is 0 Å². The molecule has 24 heavy (non-hydrogen) atoms. The van der Waals surface area contributed by atoms with Crippen LogP contribution in [0.25, 0.3) is 0 Å². The van der Waals surface area contributed by atoms with Crippen LogP contribution in [0.2, 0.25) is 0 Å². The number of ether oxygens (including phenoxy) is 2. The van der Waals surface area contributed by atoms with Crippen LogP contribution in [-0.2, 0) is 9.47 Å². The molecule has 0 aromatic rings. The highest BCUT2D eigenvalue weighted by molar-refractivity contribution is 5.13. The standard InChI is InChI=1S/C22H38O2/c1-20(2)10-6-11-21(3)17(20)9-12-22-13-15(7-8-18(21)22)16(14-22)19(23-4)24-5/h15-19H,6-14H2,1-5H3. The summed E-state index contributed by atoms with van der Waals surface area (Å²) in [5, 5.41) is 0. The molecule has 2 nitrogen and oxygen atoms in total. The maximum atomic E-state index is 5.71. The van der Waals surface area contributed by atoms with Crippen LogP contribution in [0, 0.1) is 39.9 Å². The van der Waals surface area contributed by atoms with Gasteiger partial charge in [0.25, 0.3) is 0 Å². The molecule has 6 unspecified atom stereocenters. The molecule has 1 spiro atoms. The molecule has 2 bridgehead atoms. The Bertz CT molecular complexity index is 482. The first-order valence-corrected chi connectivity index (χ1v) is 10.4. The van der Waals surface area contributed by atoms with Crippen LogP contribution in [-0.4, -0.2) is 20.5 Å². The van der Waals surface area contributed by atoms with Gasteiger partial charge in [0, 0.05) is 20.1 Å². The van der Waals surface area contributed by atoms with E-state index in [4.69, 9.17) is 9.47 Å². The van der Waals surface area contributed by atoms with Gasteiger partial charge in [-0.15, -0.1) is 0 Å². The van der Waals surface area contributed by atoms with Gasteiger partial charge < -0.3 is 9.47 Å². The Labute approximate surface area is 149 Å². The molecule has 4 saturated carbocycles. The van der Waals surface area contributed by atoms with E-state index in [0.29, 0.717) is 22.2 Å². The van der Waals surface area contributed by atoms with E-state index in [-0.39, 0.29) is 6.29 Å². The van der Waals surface area contributed by atoms with Gasteiger partial charge in [-0.3, -0.25) is 0 Å². The van der Waals surface area contributed by atoms with E-state index in [2.05, 4.69) is 20.8 Å². The molecule has 0 aliphatic heterocycles. The average molecular weight is 335 g/mol. The Morgan fingerprint density at radius 1 is 0.833 bits per heavy atom. The molecule has 0 amide bonds. The van der Waals surface area contributed by atoms with Gasteiger partial charge in [0.05, 0.1) is 0 Å². The minimum absolute atomic E-state index is 0.0152. The van der Waals surface area contributed by atoms with Crippen molar-refractivity contribution in [3.63, 3.8) is 0 Å². The van der Waals surface area contributed by atoms with E-state index in [1.165, 1.54) is 57.8 Å². The Morgan fingerprint density at radius 3 is 2.29 bits per heavy atom. The van der Waals surface area contributed by atoms with E-state index in [1.807, 2.05) is 14.2 Å². The van der Waals surface area contributed by atoms with Gasteiger partial charge in [-0.1, -0.05) is 27.2 Å². The lowest BCUT2D eigenvalue weighted by molar-refractivity contribution is -0.151. The minimum atomic E-state index is 0.0152. The molecule has 0 aromatic carbocycles. The smallest absolute Gasteiger partial charge is 0.159 e. The fourth-order valence-corrected chi connectivity index (χ4v) is 8.59. The van der Waals surface area contributed by atoms with E-state index < -0.39 is 0 Å². The lowest BCUT2D eigenvalue weighted by atomic mass is 9.41. The molecule has 4 aliphatic carbocycles. The first-order valence-electron chi connectivity index (χ1n) is 10.4. The normalized spacial score (nSPS) is 49.8. The predicted octanol–water partition coefficient (Wildman–Crippen LogP) is 5.65. The van der Waals surface area contributed by atoms with Gasteiger partial charge in [-0.25, -0.2) is 0 Å². The van der Waals surface area contributed by atoms with Gasteiger partial charge in [0.2, 0.25) is 0 Å². The quantitative estimate of drug-likeness (QED) is 0.620. The summed E-state index contributed by atoms with van der Waals surface area (Å²) >= 11 is 0. The summed E-state index contributed by atoms with van der Waals surface area (Å²) in [5.41, 5.74) is 1.72. The Balaban J connectivity index is 1.65. The Morgan fingerprint density at radius 2 is 1.58 bits per heavy atom. The molecule has 0 heterocycles. The van der Waals surface area contributed by atoms with Gasteiger partial charge >= 0.3 is 0 Å². The van der Waals surface area contributed by atoms with Crippen LogP contribution in [0.5, 0.6) is 0 Å². The molecular weight excluding hydrogens is 296 g/mol.